The molecule has 0 spiro atoms. The van der Waals surface area contributed by atoms with Gasteiger partial charge in [0.15, 0.2) is 9.84 Å². The molecule has 0 aromatic heterocycles. The minimum Gasteiger partial charge on any atom is -0.462 e. The SMILES string of the molecule is CCOC(=O)c1ccc(N2[C@H](C)CCS2(=O)=O)cc1S(C)(=O)=O. The predicted octanol–water partition coefficient (Wildman–Crippen LogP) is 1.20. The van der Waals surface area contributed by atoms with Crippen molar-refractivity contribution in [2.45, 2.75) is 31.2 Å². The third-order valence-electron chi connectivity index (χ3n) is 3.61. The molecule has 1 aliphatic rings. The lowest BCUT2D eigenvalue weighted by Crippen LogP contribution is -2.31. The van der Waals surface area contributed by atoms with Gasteiger partial charge in [-0.05, 0) is 38.5 Å². The Kier molecular flexibility index (Phi) is 4.72. The molecule has 1 aromatic rings. The van der Waals surface area contributed by atoms with Gasteiger partial charge in [-0.15, -0.1) is 0 Å². The molecule has 1 aliphatic heterocycles. The van der Waals surface area contributed by atoms with Crippen LogP contribution in [0.3, 0.4) is 0 Å². The lowest BCUT2D eigenvalue weighted by Gasteiger charge is -2.23. The van der Waals surface area contributed by atoms with Crippen LogP contribution in [0.2, 0.25) is 0 Å². The predicted molar refractivity (Wildman–Crippen MR) is 85.9 cm³/mol. The molecule has 1 aromatic carbocycles. The number of esters is 1. The summed E-state index contributed by atoms with van der Waals surface area (Å²) in [6.45, 7) is 3.48. The first-order chi connectivity index (χ1) is 10.6. The van der Waals surface area contributed by atoms with E-state index in [0.29, 0.717) is 6.42 Å². The van der Waals surface area contributed by atoms with Gasteiger partial charge in [-0.1, -0.05) is 0 Å². The summed E-state index contributed by atoms with van der Waals surface area (Å²) in [7, 11) is -7.20. The first-order valence-electron chi connectivity index (χ1n) is 7.11. The number of sulfonamides is 1. The van der Waals surface area contributed by atoms with E-state index in [1.54, 1.807) is 13.8 Å². The summed E-state index contributed by atoms with van der Waals surface area (Å²) in [6.07, 6.45) is 1.44. The van der Waals surface area contributed by atoms with Crippen molar-refractivity contribution >= 4 is 31.5 Å². The molecule has 0 radical (unpaired) electrons. The Morgan fingerprint density at radius 2 is 2.04 bits per heavy atom. The molecule has 1 atom stereocenters. The molecule has 0 bridgehead atoms. The van der Waals surface area contributed by atoms with Gasteiger partial charge in [0.05, 0.1) is 28.5 Å². The summed E-state index contributed by atoms with van der Waals surface area (Å²) < 4.78 is 54.3. The summed E-state index contributed by atoms with van der Waals surface area (Å²) >= 11 is 0. The fourth-order valence-corrected chi connectivity index (χ4v) is 5.37. The molecule has 1 heterocycles. The number of sulfone groups is 1. The van der Waals surface area contributed by atoms with Crippen molar-refractivity contribution in [3.63, 3.8) is 0 Å². The van der Waals surface area contributed by atoms with Crippen molar-refractivity contribution in [2.75, 3.05) is 22.9 Å². The van der Waals surface area contributed by atoms with Crippen LogP contribution in [0, 0.1) is 0 Å². The number of hydrogen-bond donors (Lipinski definition) is 0. The third-order valence-corrected chi connectivity index (χ3v) is 6.67. The Hall–Kier alpha value is -1.61. The van der Waals surface area contributed by atoms with Gasteiger partial charge in [-0.2, -0.15) is 0 Å². The average molecular weight is 361 g/mol. The van der Waals surface area contributed by atoms with Crippen molar-refractivity contribution in [3.8, 4) is 0 Å². The molecule has 0 saturated carbocycles. The smallest absolute Gasteiger partial charge is 0.339 e. The molecule has 0 N–H and O–H groups in total. The van der Waals surface area contributed by atoms with E-state index in [0.717, 1.165) is 6.26 Å². The standard InChI is InChI=1S/C14H19NO6S2/c1-4-21-14(16)12-6-5-11(9-13(12)22(3,17)18)15-10(2)7-8-23(15,19)20/h5-6,9-10H,4,7-8H2,1-3H3/t10-/m1/s1. The molecule has 0 unspecified atom stereocenters. The molecular formula is C14H19NO6S2. The van der Waals surface area contributed by atoms with E-state index in [2.05, 4.69) is 0 Å². The zero-order valence-electron chi connectivity index (χ0n) is 13.1. The third kappa shape index (κ3) is 3.50. The lowest BCUT2D eigenvalue weighted by molar-refractivity contribution is 0.0522. The van der Waals surface area contributed by atoms with Gasteiger partial charge in [0.1, 0.15) is 0 Å². The van der Waals surface area contributed by atoms with Gasteiger partial charge in [-0.25, -0.2) is 21.6 Å². The van der Waals surface area contributed by atoms with Crippen LogP contribution >= 0.6 is 0 Å². The Morgan fingerprint density at radius 3 is 2.52 bits per heavy atom. The van der Waals surface area contributed by atoms with Crippen LogP contribution in [0.25, 0.3) is 0 Å². The Balaban J connectivity index is 2.60. The fraction of sp³-hybridized carbons (Fsp3) is 0.500. The molecule has 9 heteroatoms. The Bertz CT molecular complexity index is 829. The molecule has 0 amide bonds. The van der Waals surface area contributed by atoms with Gasteiger partial charge >= 0.3 is 5.97 Å². The first kappa shape index (κ1) is 17.7. The van der Waals surface area contributed by atoms with Crippen LogP contribution < -0.4 is 4.31 Å². The number of rotatable bonds is 4. The van der Waals surface area contributed by atoms with Crippen LogP contribution in [0.15, 0.2) is 23.1 Å². The van der Waals surface area contributed by atoms with E-state index in [1.165, 1.54) is 22.5 Å². The van der Waals surface area contributed by atoms with Crippen LogP contribution in [0.4, 0.5) is 5.69 Å². The van der Waals surface area contributed by atoms with E-state index in [-0.39, 0.29) is 34.5 Å². The largest absolute Gasteiger partial charge is 0.462 e. The van der Waals surface area contributed by atoms with E-state index in [4.69, 9.17) is 4.74 Å². The highest BCUT2D eigenvalue weighted by molar-refractivity contribution is 7.93. The number of carbonyl (C=O) groups is 1. The van der Waals surface area contributed by atoms with Crippen molar-refractivity contribution in [3.05, 3.63) is 23.8 Å². The van der Waals surface area contributed by atoms with Crippen LogP contribution in [0.5, 0.6) is 0 Å². The number of anilines is 1. The maximum atomic E-state index is 12.1. The van der Waals surface area contributed by atoms with Crippen molar-refractivity contribution in [1.29, 1.82) is 0 Å². The van der Waals surface area contributed by atoms with Crippen LogP contribution in [-0.4, -0.2) is 47.5 Å². The van der Waals surface area contributed by atoms with Gasteiger partial charge in [0, 0.05) is 12.3 Å². The summed E-state index contributed by atoms with van der Waals surface area (Å²) in [5.74, 6) is -0.737. The Labute approximate surface area is 136 Å². The summed E-state index contributed by atoms with van der Waals surface area (Å²) in [4.78, 5) is 11.7. The second-order valence-electron chi connectivity index (χ2n) is 5.42. The molecule has 128 valence electrons. The maximum absolute atomic E-state index is 12.1. The highest BCUT2D eigenvalue weighted by atomic mass is 32.2. The van der Waals surface area contributed by atoms with Gasteiger partial charge in [0.2, 0.25) is 10.0 Å². The molecule has 2 rings (SSSR count). The number of benzene rings is 1. The number of ether oxygens (including phenoxy) is 1. The van der Waals surface area contributed by atoms with E-state index in [1.807, 2.05) is 0 Å². The maximum Gasteiger partial charge on any atom is 0.339 e. The van der Waals surface area contributed by atoms with Crippen molar-refractivity contribution in [2.24, 2.45) is 0 Å². The molecule has 7 nitrogen and oxygen atoms in total. The van der Waals surface area contributed by atoms with Gasteiger partial charge in [-0.3, -0.25) is 4.31 Å². The zero-order chi connectivity index (χ0) is 17.4. The van der Waals surface area contributed by atoms with Gasteiger partial charge < -0.3 is 4.74 Å². The highest BCUT2D eigenvalue weighted by Gasteiger charge is 2.35. The number of carbonyl (C=O) groups excluding carboxylic acids is 1. The second-order valence-corrected chi connectivity index (χ2v) is 9.37. The van der Waals surface area contributed by atoms with Crippen LogP contribution in [0.1, 0.15) is 30.6 Å². The molecule has 1 fully saturated rings. The quantitative estimate of drug-likeness (QED) is 0.747. The van der Waals surface area contributed by atoms with Crippen molar-refractivity contribution in [1.82, 2.24) is 0 Å². The molecular weight excluding hydrogens is 342 g/mol. The normalized spacial score (nSPS) is 20.5. The van der Waals surface area contributed by atoms with Gasteiger partial charge in [0.25, 0.3) is 0 Å². The van der Waals surface area contributed by atoms with E-state index in [9.17, 15) is 21.6 Å². The number of hydrogen-bond acceptors (Lipinski definition) is 6. The summed E-state index contributed by atoms with van der Waals surface area (Å²) in [5.41, 5.74) is 0.144. The molecule has 1 saturated heterocycles. The van der Waals surface area contributed by atoms with E-state index < -0.39 is 25.8 Å². The Morgan fingerprint density at radius 1 is 1.39 bits per heavy atom. The second kappa shape index (κ2) is 6.12. The highest BCUT2D eigenvalue weighted by Crippen LogP contribution is 2.32. The summed E-state index contributed by atoms with van der Waals surface area (Å²) in [5, 5.41) is 0. The fourth-order valence-electron chi connectivity index (χ4n) is 2.56. The molecule has 0 aliphatic carbocycles. The van der Waals surface area contributed by atoms with Crippen LogP contribution in [-0.2, 0) is 24.6 Å². The lowest BCUT2D eigenvalue weighted by atomic mass is 10.2. The first-order valence-corrected chi connectivity index (χ1v) is 10.6. The van der Waals surface area contributed by atoms with Crippen molar-refractivity contribution < 1.29 is 26.4 Å². The number of nitrogens with zero attached hydrogens (tertiary/aromatic N) is 1. The minimum absolute atomic E-state index is 0.0159. The topological polar surface area (TPSA) is 97.8 Å². The minimum atomic E-state index is -3.73. The zero-order valence-corrected chi connectivity index (χ0v) is 14.8. The monoisotopic (exact) mass is 361 g/mol. The molecule has 23 heavy (non-hydrogen) atoms. The average Bonchev–Trinajstić information content (AvgIpc) is 2.71. The summed E-state index contributed by atoms with van der Waals surface area (Å²) in [6, 6.07) is 3.69. The van der Waals surface area contributed by atoms with E-state index >= 15 is 0 Å².